The van der Waals surface area contributed by atoms with Crippen LogP contribution in [0.1, 0.15) is 25.8 Å². The first kappa shape index (κ1) is 13.8. The topological polar surface area (TPSA) is 53.0 Å². The van der Waals surface area contributed by atoms with Crippen LogP contribution in [-0.4, -0.2) is 36.9 Å². The molecule has 19 heavy (non-hydrogen) atoms. The first-order valence-corrected chi connectivity index (χ1v) is 6.29. The molecule has 0 radical (unpaired) electrons. The molecule has 1 unspecified atom stereocenters. The second-order valence-electron chi connectivity index (χ2n) is 5.10. The smallest absolute Gasteiger partial charge is 0.223 e. The molecule has 0 saturated heterocycles. The highest BCUT2D eigenvalue weighted by atomic mass is 16.5. The molecule has 1 aliphatic heterocycles. The van der Waals surface area contributed by atoms with E-state index >= 15 is 0 Å². The van der Waals surface area contributed by atoms with E-state index in [0.717, 1.165) is 17.0 Å². The zero-order chi connectivity index (χ0) is 14.2. The van der Waals surface area contributed by atoms with Crippen molar-refractivity contribution in [2.75, 3.05) is 25.6 Å². The molecule has 0 fully saturated rings. The van der Waals surface area contributed by atoms with Crippen LogP contribution in [0.5, 0.6) is 5.75 Å². The van der Waals surface area contributed by atoms with Gasteiger partial charge in [0.05, 0.1) is 12.6 Å². The highest BCUT2D eigenvalue weighted by Gasteiger charge is 2.39. The Morgan fingerprint density at radius 2 is 2.21 bits per heavy atom. The summed E-state index contributed by atoms with van der Waals surface area (Å²) in [6, 6.07) is 5.59. The number of fused-ring (bicyclic) bond motifs is 1. The van der Waals surface area contributed by atoms with Gasteiger partial charge < -0.3 is 14.8 Å². The van der Waals surface area contributed by atoms with Crippen LogP contribution in [0.4, 0.5) is 5.69 Å². The molecule has 1 heterocycles. The van der Waals surface area contributed by atoms with Gasteiger partial charge in [-0.2, -0.15) is 5.06 Å². The molecule has 2 rings (SSSR count). The van der Waals surface area contributed by atoms with Crippen LogP contribution in [0.15, 0.2) is 18.2 Å². The van der Waals surface area contributed by atoms with Gasteiger partial charge in [0.25, 0.3) is 0 Å². The predicted octanol–water partition coefficient (Wildman–Crippen LogP) is 1.99. The molecule has 104 valence electrons. The molecule has 5 nitrogen and oxygen atoms in total. The summed E-state index contributed by atoms with van der Waals surface area (Å²) >= 11 is 0. The Bertz CT molecular complexity index is 501. The van der Waals surface area contributed by atoms with Gasteiger partial charge in [0.1, 0.15) is 5.75 Å². The number of hydrogen-bond acceptors (Lipinski definition) is 4. The van der Waals surface area contributed by atoms with Gasteiger partial charge in [0.15, 0.2) is 0 Å². The SMILES string of the molecule is COc1ccc2c(c1)C(C)(N(C)O)CCN2C(C)=O. The number of hydrogen-bond donors (Lipinski definition) is 1. The second kappa shape index (κ2) is 4.83. The average Bonchev–Trinajstić information content (AvgIpc) is 2.38. The standard InChI is InChI=1S/C14H20N2O3/c1-10(17)16-8-7-14(2,15(3)18)12-9-11(19-4)5-6-13(12)16/h5-6,9,18H,7-8H2,1-4H3. The van der Waals surface area contributed by atoms with E-state index < -0.39 is 5.54 Å². The van der Waals surface area contributed by atoms with Crippen molar-refractivity contribution in [3.63, 3.8) is 0 Å². The van der Waals surface area contributed by atoms with Gasteiger partial charge in [0.2, 0.25) is 5.91 Å². The van der Waals surface area contributed by atoms with Gasteiger partial charge in [-0.25, -0.2) is 0 Å². The lowest BCUT2D eigenvalue weighted by Gasteiger charge is -2.43. The first-order chi connectivity index (χ1) is 8.90. The van der Waals surface area contributed by atoms with E-state index in [1.54, 1.807) is 26.0 Å². The van der Waals surface area contributed by atoms with Crippen molar-refractivity contribution in [2.24, 2.45) is 0 Å². The largest absolute Gasteiger partial charge is 0.497 e. The maximum Gasteiger partial charge on any atom is 0.223 e. The Labute approximate surface area is 113 Å². The molecule has 1 aliphatic rings. The van der Waals surface area contributed by atoms with Crippen LogP contribution < -0.4 is 9.64 Å². The van der Waals surface area contributed by atoms with E-state index in [-0.39, 0.29) is 5.91 Å². The summed E-state index contributed by atoms with van der Waals surface area (Å²) in [7, 11) is 3.24. The number of rotatable bonds is 2. The van der Waals surface area contributed by atoms with E-state index in [0.29, 0.717) is 13.0 Å². The minimum absolute atomic E-state index is 0.00839. The Balaban J connectivity index is 2.60. The van der Waals surface area contributed by atoms with Crippen molar-refractivity contribution >= 4 is 11.6 Å². The molecule has 0 bridgehead atoms. The Kier molecular flexibility index (Phi) is 3.52. The lowest BCUT2D eigenvalue weighted by atomic mass is 9.83. The Morgan fingerprint density at radius 3 is 2.74 bits per heavy atom. The minimum atomic E-state index is -0.518. The van der Waals surface area contributed by atoms with Crippen molar-refractivity contribution in [1.82, 2.24) is 5.06 Å². The second-order valence-corrected chi connectivity index (χ2v) is 5.10. The van der Waals surface area contributed by atoms with E-state index in [1.807, 2.05) is 25.1 Å². The number of hydroxylamine groups is 2. The number of carbonyl (C=O) groups is 1. The van der Waals surface area contributed by atoms with Crippen molar-refractivity contribution in [3.8, 4) is 5.75 Å². The third kappa shape index (κ3) is 2.19. The third-order valence-corrected chi connectivity index (χ3v) is 3.99. The quantitative estimate of drug-likeness (QED) is 0.830. The van der Waals surface area contributed by atoms with E-state index in [2.05, 4.69) is 0 Å². The van der Waals surface area contributed by atoms with Crippen molar-refractivity contribution in [1.29, 1.82) is 0 Å². The lowest BCUT2D eigenvalue weighted by Crippen LogP contribution is -2.48. The average molecular weight is 264 g/mol. The summed E-state index contributed by atoms with van der Waals surface area (Å²) < 4.78 is 5.25. The van der Waals surface area contributed by atoms with Gasteiger partial charge in [0, 0.05) is 31.8 Å². The normalized spacial score (nSPS) is 22.3. The fraction of sp³-hybridized carbons (Fsp3) is 0.500. The third-order valence-electron chi connectivity index (χ3n) is 3.99. The predicted molar refractivity (Wildman–Crippen MR) is 72.5 cm³/mol. The van der Waals surface area contributed by atoms with Crippen LogP contribution in [0, 0.1) is 0 Å². The van der Waals surface area contributed by atoms with E-state index in [1.165, 1.54) is 5.06 Å². The molecular weight excluding hydrogens is 244 g/mol. The molecule has 0 saturated carbocycles. The molecule has 1 aromatic rings. The molecule has 0 aromatic heterocycles. The number of nitrogens with zero attached hydrogens (tertiary/aromatic N) is 2. The summed E-state index contributed by atoms with van der Waals surface area (Å²) in [6.07, 6.45) is 0.666. The van der Waals surface area contributed by atoms with Crippen LogP contribution in [0.2, 0.25) is 0 Å². The van der Waals surface area contributed by atoms with Gasteiger partial charge in [-0.05, 0) is 31.5 Å². The van der Waals surface area contributed by atoms with Crippen LogP contribution >= 0.6 is 0 Å². The fourth-order valence-electron chi connectivity index (χ4n) is 2.56. The first-order valence-electron chi connectivity index (χ1n) is 6.29. The number of carbonyl (C=O) groups excluding carboxylic acids is 1. The summed E-state index contributed by atoms with van der Waals surface area (Å²) in [5.74, 6) is 0.728. The van der Waals surface area contributed by atoms with Crippen molar-refractivity contribution < 1.29 is 14.7 Å². The number of benzene rings is 1. The van der Waals surface area contributed by atoms with E-state index in [4.69, 9.17) is 4.74 Å². The molecule has 0 spiro atoms. The zero-order valence-electron chi connectivity index (χ0n) is 11.8. The maximum absolute atomic E-state index is 11.7. The summed E-state index contributed by atoms with van der Waals surface area (Å²) in [6.45, 7) is 4.11. The van der Waals surface area contributed by atoms with Gasteiger partial charge in [-0.15, -0.1) is 0 Å². The molecule has 5 heteroatoms. The van der Waals surface area contributed by atoms with Crippen LogP contribution in [0.3, 0.4) is 0 Å². The van der Waals surface area contributed by atoms with Gasteiger partial charge in [-0.1, -0.05) is 0 Å². The number of ether oxygens (including phenoxy) is 1. The molecule has 1 aromatic carbocycles. The molecule has 1 atom stereocenters. The maximum atomic E-state index is 11.7. The Morgan fingerprint density at radius 1 is 1.53 bits per heavy atom. The summed E-state index contributed by atoms with van der Waals surface area (Å²) in [5.41, 5.74) is 1.22. The van der Waals surface area contributed by atoms with Crippen molar-refractivity contribution in [2.45, 2.75) is 25.8 Å². The molecular formula is C14H20N2O3. The molecule has 0 aliphatic carbocycles. The van der Waals surface area contributed by atoms with E-state index in [9.17, 15) is 10.0 Å². The lowest BCUT2D eigenvalue weighted by molar-refractivity contribution is -0.154. The number of methoxy groups -OCH3 is 1. The summed E-state index contributed by atoms with van der Waals surface area (Å²) in [4.78, 5) is 13.5. The zero-order valence-corrected chi connectivity index (χ0v) is 11.8. The monoisotopic (exact) mass is 264 g/mol. The highest BCUT2D eigenvalue weighted by Crippen LogP contribution is 2.42. The summed E-state index contributed by atoms with van der Waals surface area (Å²) in [5, 5.41) is 11.2. The Hall–Kier alpha value is -1.59. The van der Waals surface area contributed by atoms with Crippen molar-refractivity contribution in [3.05, 3.63) is 23.8 Å². The number of anilines is 1. The fourth-order valence-corrected chi connectivity index (χ4v) is 2.56. The highest BCUT2D eigenvalue weighted by molar-refractivity contribution is 5.93. The molecule has 1 amide bonds. The molecule has 1 N–H and O–H groups in total. The van der Waals surface area contributed by atoms with Gasteiger partial charge >= 0.3 is 0 Å². The van der Waals surface area contributed by atoms with Gasteiger partial charge in [-0.3, -0.25) is 4.79 Å². The minimum Gasteiger partial charge on any atom is -0.497 e. The van der Waals surface area contributed by atoms with Crippen LogP contribution in [0.25, 0.3) is 0 Å². The number of amides is 1. The van der Waals surface area contributed by atoms with Crippen LogP contribution in [-0.2, 0) is 10.3 Å².